The number of benzene rings is 3. The van der Waals surface area contributed by atoms with Crippen LogP contribution in [0.15, 0.2) is 79.4 Å². The molecular formula is C30H27N7O2. The number of urea groups is 1. The number of nitrogens with zero attached hydrogens (tertiary/aromatic N) is 4. The van der Waals surface area contributed by atoms with Crippen LogP contribution in [0.1, 0.15) is 36.7 Å². The predicted octanol–water partition coefficient (Wildman–Crippen LogP) is 5.80. The molecule has 6 rings (SSSR count). The van der Waals surface area contributed by atoms with E-state index in [1.165, 1.54) is 6.33 Å². The Morgan fingerprint density at radius 1 is 0.974 bits per heavy atom. The predicted molar refractivity (Wildman–Crippen MR) is 151 cm³/mol. The first kappa shape index (κ1) is 24.3. The van der Waals surface area contributed by atoms with Gasteiger partial charge in [-0.15, -0.1) is 0 Å². The standard InChI is InChI=1S/C30H27N7O2/c1-30(2,3)37-16-26(27(36-37)19-9-12-25-20(13-19)14-31-17-33-25)35-29(39)34-21-10-7-18(8-11-21)22-5-4-6-23-24(22)15-32-28(23)38/h4-14,16-17H,15H2,1-3H3,(H,32,38)(H2,34,35,39). The van der Waals surface area contributed by atoms with Crippen molar-refractivity contribution in [1.82, 2.24) is 25.1 Å². The lowest BCUT2D eigenvalue weighted by Gasteiger charge is -2.18. The van der Waals surface area contributed by atoms with Crippen molar-refractivity contribution in [3.63, 3.8) is 0 Å². The van der Waals surface area contributed by atoms with Crippen LogP contribution in [0.25, 0.3) is 33.3 Å². The van der Waals surface area contributed by atoms with Crippen molar-refractivity contribution in [2.45, 2.75) is 32.9 Å². The summed E-state index contributed by atoms with van der Waals surface area (Å²) in [5.41, 5.74) is 6.97. The van der Waals surface area contributed by atoms with Gasteiger partial charge in [0.2, 0.25) is 0 Å². The van der Waals surface area contributed by atoms with Crippen LogP contribution in [0.4, 0.5) is 16.2 Å². The van der Waals surface area contributed by atoms with Gasteiger partial charge in [-0.05, 0) is 67.8 Å². The van der Waals surface area contributed by atoms with Crippen molar-refractivity contribution < 1.29 is 9.59 Å². The molecule has 3 N–H and O–H groups in total. The fourth-order valence-corrected chi connectivity index (χ4v) is 4.70. The average molecular weight is 518 g/mol. The third-order valence-electron chi connectivity index (χ3n) is 6.73. The van der Waals surface area contributed by atoms with Gasteiger partial charge in [0.25, 0.3) is 5.91 Å². The lowest BCUT2D eigenvalue weighted by molar-refractivity contribution is 0.0965. The molecule has 3 amide bonds. The zero-order chi connectivity index (χ0) is 27.1. The molecule has 0 bridgehead atoms. The minimum Gasteiger partial charge on any atom is -0.348 e. The molecule has 3 heterocycles. The Morgan fingerprint density at radius 3 is 2.54 bits per heavy atom. The molecule has 9 heteroatoms. The van der Waals surface area contributed by atoms with Gasteiger partial charge >= 0.3 is 6.03 Å². The van der Waals surface area contributed by atoms with Crippen LogP contribution in [0, 0.1) is 0 Å². The third-order valence-corrected chi connectivity index (χ3v) is 6.73. The lowest BCUT2D eigenvalue weighted by atomic mass is 9.97. The molecule has 2 aromatic heterocycles. The van der Waals surface area contributed by atoms with Gasteiger partial charge in [-0.1, -0.05) is 30.3 Å². The van der Waals surface area contributed by atoms with E-state index in [0.717, 1.165) is 33.2 Å². The quantitative estimate of drug-likeness (QED) is 0.279. The van der Waals surface area contributed by atoms with E-state index in [-0.39, 0.29) is 17.5 Å². The Kier molecular flexibility index (Phi) is 5.83. The molecule has 1 aliphatic heterocycles. The van der Waals surface area contributed by atoms with Crippen molar-refractivity contribution in [3.05, 3.63) is 90.5 Å². The van der Waals surface area contributed by atoms with E-state index in [4.69, 9.17) is 5.10 Å². The number of rotatable bonds is 4. The van der Waals surface area contributed by atoms with Crippen molar-refractivity contribution in [3.8, 4) is 22.4 Å². The van der Waals surface area contributed by atoms with Crippen LogP contribution in [0.5, 0.6) is 0 Å². The second-order valence-electron chi connectivity index (χ2n) is 10.5. The highest BCUT2D eigenvalue weighted by Crippen LogP contribution is 2.32. The number of nitrogens with one attached hydrogen (secondary N) is 3. The van der Waals surface area contributed by atoms with Gasteiger partial charge in [0, 0.05) is 41.1 Å². The normalized spacial score (nSPS) is 12.7. The van der Waals surface area contributed by atoms with Crippen LogP contribution in [-0.2, 0) is 12.1 Å². The van der Waals surface area contributed by atoms with Crippen molar-refractivity contribution in [2.75, 3.05) is 10.6 Å². The third kappa shape index (κ3) is 4.70. The Labute approximate surface area is 225 Å². The SMILES string of the molecule is CC(C)(C)n1cc(NC(=O)Nc2ccc(-c3cccc4c3CNC4=O)cc2)c(-c2ccc3ncncc3c2)n1. The van der Waals surface area contributed by atoms with E-state index >= 15 is 0 Å². The fraction of sp³-hybridized carbons (Fsp3) is 0.167. The summed E-state index contributed by atoms with van der Waals surface area (Å²) in [7, 11) is 0. The van der Waals surface area contributed by atoms with E-state index in [2.05, 4.69) is 46.7 Å². The molecule has 0 saturated carbocycles. The molecule has 0 aliphatic carbocycles. The molecule has 1 aliphatic rings. The van der Waals surface area contributed by atoms with Gasteiger partial charge in [-0.3, -0.25) is 9.48 Å². The number of amides is 3. The summed E-state index contributed by atoms with van der Waals surface area (Å²) in [4.78, 5) is 33.5. The summed E-state index contributed by atoms with van der Waals surface area (Å²) in [6.07, 6.45) is 5.12. The minimum atomic E-state index is -0.378. The van der Waals surface area contributed by atoms with Crippen molar-refractivity contribution in [2.24, 2.45) is 0 Å². The summed E-state index contributed by atoms with van der Waals surface area (Å²) >= 11 is 0. The first-order chi connectivity index (χ1) is 18.8. The number of hydrogen-bond donors (Lipinski definition) is 3. The van der Waals surface area contributed by atoms with Gasteiger partial charge < -0.3 is 16.0 Å². The van der Waals surface area contributed by atoms with Crippen LogP contribution in [0.2, 0.25) is 0 Å². The van der Waals surface area contributed by atoms with Crippen LogP contribution in [0.3, 0.4) is 0 Å². The largest absolute Gasteiger partial charge is 0.348 e. The number of aromatic nitrogens is 4. The first-order valence-electron chi connectivity index (χ1n) is 12.6. The molecule has 0 fully saturated rings. The number of anilines is 2. The molecule has 0 atom stereocenters. The topological polar surface area (TPSA) is 114 Å². The number of hydrogen-bond acceptors (Lipinski definition) is 5. The van der Waals surface area contributed by atoms with E-state index in [0.29, 0.717) is 29.2 Å². The maximum atomic E-state index is 13.1. The van der Waals surface area contributed by atoms with Crippen molar-refractivity contribution >= 4 is 34.2 Å². The van der Waals surface area contributed by atoms with Gasteiger partial charge in [0.05, 0.1) is 16.7 Å². The zero-order valence-electron chi connectivity index (χ0n) is 21.8. The average Bonchev–Trinajstić information content (AvgIpc) is 3.53. The smallest absolute Gasteiger partial charge is 0.323 e. The minimum absolute atomic E-state index is 0.0482. The first-order valence-corrected chi connectivity index (χ1v) is 12.6. The summed E-state index contributed by atoms with van der Waals surface area (Å²) < 4.78 is 1.84. The highest BCUT2D eigenvalue weighted by atomic mass is 16.2. The zero-order valence-corrected chi connectivity index (χ0v) is 21.8. The molecule has 0 saturated heterocycles. The van der Waals surface area contributed by atoms with E-state index in [1.807, 2.05) is 71.5 Å². The van der Waals surface area contributed by atoms with Crippen LogP contribution < -0.4 is 16.0 Å². The Bertz CT molecular complexity index is 1730. The second-order valence-corrected chi connectivity index (χ2v) is 10.5. The molecular weight excluding hydrogens is 490 g/mol. The lowest BCUT2D eigenvalue weighted by Crippen LogP contribution is -2.22. The molecule has 9 nitrogen and oxygen atoms in total. The number of carbonyl (C=O) groups excluding carboxylic acids is 2. The maximum absolute atomic E-state index is 13.1. The second kappa shape index (κ2) is 9.36. The van der Waals surface area contributed by atoms with Gasteiger partial charge in [-0.25, -0.2) is 14.8 Å². The van der Waals surface area contributed by atoms with Gasteiger partial charge in [0.1, 0.15) is 12.0 Å². The monoisotopic (exact) mass is 517 g/mol. The van der Waals surface area contributed by atoms with Gasteiger partial charge in [-0.2, -0.15) is 5.10 Å². The van der Waals surface area contributed by atoms with Crippen molar-refractivity contribution in [1.29, 1.82) is 0 Å². The summed E-state index contributed by atoms with van der Waals surface area (Å²) in [6.45, 7) is 6.67. The number of carbonyl (C=O) groups is 2. The Balaban J connectivity index is 1.24. The molecule has 0 unspecified atom stereocenters. The summed E-state index contributed by atoms with van der Waals surface area (Å²) in [6, 6.07) is 18.7. The maximum Gasteiger partial charge on any atom is 0.323 e. The summed E-state index contributed by atoms with van der Waals surface area (Å²) in [5, 5.41) is 14.4. The van der Waals surface area contributed by atoms with E-state index < -0.39 is 0 Å². The van der Waals surface area contributed by atoms with Gasteiger partial charge in [0.15, 0.2) is 0 Å². The van der Waals surface area contributed by atoms with E-state index in [1.54, 1.807) is 6.20 Å². The highest BCUT2D eigenvalue weighted by molar-refractivity contribution is 6.03. The molecule has 194 valence electrons. The highest BCUT2D eigenvalue weighted by Gasteiger charge is 2.22. The van der Waals surface area contributed by atoms with Crippen LogP contribution >= 0.6 is 0 Å². The molecule has 5 aromatic rings. The molecule has 0 radical (unpaired) electrons. The Morgan fingerprint density at radius 2 is 1.74 bits per heavy atom. The molecule has 0 spiro atoms. The number of fused-ring (bicyclic) bond motifs is 2. The summed E-state index contributed by atoms with van der Waals surface area (Å²) in [5.74, 6) is -0.0482. The van der Waals surface area contributed by atoms with Crippen LogP contribution in [-0.4, -0.2) is 31.7 Å². The fourth-order valence-electron chi connectivity index (χ4n) is 4.70. The Hall–Kier alpha value is -5.05. The molecule has 3 aromatic carbocycles. The van der Waals surface area contributed by atoms with E-state index in [9.17, 15) is 9.59 Å². The molecule has 39 heavy (non-hydrogen) atoms.